The van der Waals surface area contributed by atoms with E-state index in [0.717, 1.165) is 49.3 Å². The molecule has 1 fully saturated rings. The number of nitrogens with zero attached hydrogens (tertiary/aromatic N) is 6. The van der Waals surface area contributed by atoms with Crippen molar-refractivity contribution >= 4 is 21.6 Å². The fourth-order valence-electron chi connectivity index (χ4n) is 3.61. The second-order valence-electron chi connectivity index (χ2n) is 7.06. The maximum absolute atomic E-state index is 12.7. The first-order chi connectivity index (χ1) is 12.9. The number of anilines is 1. The Kier molecular flexibility index (Phi) is 4.58. The van der Waals surface area contributed by atoms with Crippen LogP contribution in [0.1, 0.15) is 30.5 Å². The lowest BCUT2D eigenvalue weighted by Crippen LogP contribution is -2.32. The molecule has 0 radical (unpaired) electrons. The third-order valence-corrected chi connectivity index (χ3v) is 5.91. The van der Waals surface area contributed by atoms with Crippen molar-refractivity contribution in [3.8, 4) is 5.82 Å². The van der Waals surface area contributed by atoms with Crippen molar-refractivity contribution in [3.63, 3.8) is 0 Å². The summed E-state index contributed by atoms with van der Waals surface area (Å²) < 4.78 is 24.7. The molecule has 0 saturated carbocycles. The van der Waals surface area contributed by atoms with Crippen LogP contribution in [-0.2, 0) is 27.7 Å². The van der Waals surface area contributed by atoms with Crippen LogP contribution in [0.25, 0.3) is 5.82 Å². The van der Waals surface area contributed by atoms with Gasteiger partial charge in [0.25, 0.3) is 0 Å². The summed E-state index contributed by atoms with van der Waals surface area (Å²) >= 11 is 0. The Morgan fingerprint density at radius 2 is 1.89 bits per heavy atom. The lowest BCUT2D eigenvalue weighted by atomic mass is 10.2. The molecule has 4 rings (SSSR count). The zero-order chi connectivity index (χ0) is 19.0. The lowest BCUT2D eigenvalue weighted by molar-refractivity contribution is -0.132. The molecule has 2 aliphatic heterocycles. The molecule has 2 aromatic heterocycles. The Morgan fingerprint density at radius 1 is 1.15 bits per heavy atom. The van der Waals surface area contributed by atoms with Crippen molar-refractivity contribution in [1.82, 2.24) is 24.6 Å². The van der Waals surface area contributed by atoms with Crippen molar-refractivity contribution < 1.29 is 13.2 Å². The van der Waals surface area contributed by atoms with Gasteiger partial charge in [0.2, 0.25) is 5.91 Å². The quantitative estimate of drug-likeness (QED) is 0.751. The molecule has 0 atom stereocenters. The van der Waals surface area contributed by atoms with Crippen LogP contribution >= 0.6 is 0 Å². The summed E-state index contributed by atoms with van der Waals surface area (Å²) in [6, 6.07) is 1.85. The molecule has 1 amide bonds. The summed E-state index contributed by atoms with van der Waals surface area (Å²) in [5, 5.41) is 4.38. The highest BCUT2D eigenvalue weighted by molar-refractivity contribution is 7.90. The molecule has 2 aliphatic rings. The molecule has 27 heavy (non-hydrogen) atoms. The van der Waals surface area contributed by atoms with Gasteiger partial charge < -0.3 is 9.80 Å². The predicted molar refractivity (Wildman–Crippen MR) is 99.2 cm³/mol. The van der Waals surface area contributed by atoms with Crippen LogP contribution in [0.3, 0.4) is 0 Å². The standard InChI is InChI=1S/C17H22N6O3S/c1-27(25,26)9-5-15(24)22-10-13-4-6-20-23(13)17-14(11-22)16(18-12-19-17)21-7-2-3-8-21/h4,6,12H,2-3,5,7-11H2,1H3. The second kappa shape index (κ2) is 6.91. The number of hydrogen-bond donors (Lipinski definition) is 0. The average Bonchev–Trinajstić information content (AvgIpc) is 3.28. The van der Waals surface area contributed by atoms with Gasteiger partial charge in [-0.25, -0.2) is 23.1 Å². The van der Waals surface area contributed by atoms with Crippen molar-refractivity contribution in [3.05, 3.63) is 29.8 Å². The van der Waals surface area contributed by atoms with E-state index in [0.29, 0.717) is 18.9 Å². The minimum absolute atomic E-state index is 0.0327. The van der Waals surface area contributed by atoms with E-state index in [1.165, 1.54) is 0 Å². The third-order valence-electron chi connectivity index (χ3n) is 4.97. The van der Waals surface area contributed by atoms with Crippen molar-refractivity contribution in [2.24, 2.45) is 0 Å². The third kappa shape index (κ3) is 3.66. The van der Waals surface area contributed by atoms with E-state index < -0.39 is 9.84 Å². The van der Waals surface area contributed by atoms with Gasteiger partial charge in [0.15, 0.2) is 5.82 Å². The van der Waals surface area contributed by atoms with Crippen LogP contribution in [0, 0.1) is 0 Å². The van der Waals surface area contributed by atoms with Crippen LogP contribution in [0.4, 0.5) is 5.82 Å². The van der Waals surface area contributed by atoms with Gasteiger partial charge in [0.05, 0.1) is 30.1 Å². The Bertz CT molecular complexity index is 965. The zero-order valence-electron chi connectivity index (χ0n) is 15.2. The van der Waals surface area contributed by atoms with E-state index >= 15 is 0 Å². The molecule has 1 saturated heterocycles. The second-order valence-corrected chi connectivity index (χ2v) is 9.32. The van der Waals surface area contributed by atoms with Gasteiger partial charge in [0.1, 0.15) is 22.0 Å². The van der Waals surface area contributed by atoms with Crippen LogP contribution in [-0.4, -0.2) is 64.1 Å². The summed E-state index contributed by atoms with van der Waals surface area (Å²) in [5.74, 6) is 1.17. The van der Waals surface area contributed by atoms with Gasteiger partial charge in [-0.05, 0) is 18.9 Å². The molecule has 9 nitrogen and oxygen atoms in total. The first kappa shape index (κ1) is 17.9. The SMILES string of the molecule is CS(=O)(=O)CCC(=O)N1Cc2c(N3CCCC3)ncnc2-n2nccc2C1. The summed E-state index contributed by atoms with van der Waals surface area (Å²) in [6.45, 7) is 2.56. The lowest BCUT2D eigenvalue weighted by Gasteiger charge is -2.24. The van der Waals surface area contributed by atoms with E-state index in [9.17, 15) is 13.2 Å². The normalized spacial score (nSPS) is 16.8. The summed E-state index contributed by atoms with van der Waals surface area (Å²) in [7, 11) is -3.20. The maximum atomic E-state index is 12.7. The molecule has 2 aromatic rings. The largest absolute Gasteiger partial charge is 0.356 e. The maximum Gasteiger partial charge on any atom is 0.224 e. The Morgan fingerprint density at radius 3 is 2.63 bits per heavy atom. The first-order valence-corrected chi connectivity index (χ1v) is 11.1. The molecule has 10 heteroatoms. The smallest absolute Gasteiger partial charge is 0.224 e. The molecule has 4 heterocycles. The fraction of sp³-hybridized carbons (Fsp3) is 0.529. The van der Waals surface area contributed by atoms with Gasteiger partial charge in [0, 0.05) is 32.0 Å². The fourth-order valence-corrected chi connectivity index (χ4v) is 4.16. The average molecular weight is 390 g/mol. The zero-order valence-corrected chi connectivity index (χ0v) is 16.0. The van der Waals surface area contributed by atoms with Crippen molar-refractivity contribution in [2.75, 3.05) is 30.0 Å². The number of carbonyl (C=O) groups is 1. The van der Waals surface area contributed by atoms with Crippen LogP contribution < -0.4 is 4.90 Å². The number of carbonyl (C=O) groups excluding carboxylic acids is 1. The molecule has 144 valence electrons. The van der Waals surface area contributed by atoms with Crippen LogP contribution in [0.15, 0.2) is 18.6 Å². The summed E-state index contributed by atoms with van der Waals surface area (Å²) in [6.07, 6.45) is 6.56. The van der Waals surface area contributed by atoms with Gasteiger partial charge in [-0.2, -0.15) is 5.10 Å². The number of hydrogen-bond acceptors (Lipinski definition) is 7. The van der Waals surface area contributed by atoms with E-state index in [1.807, 2.05) is 6.07 Å². The molecule has 0 bridgehead atoms. The Hall–Kier alpha value is -2.49. The predicted octanol–water partition coefficient (Wildman–Crippen LogP) is 0.539. The summed E-state index contributed by atoms with van der Waals surface area (Å²) in [4.78, 5) is 25.6. The van der Waals surface area contributed by atoms with Crippen molar-refractivity contribution in [1.29, 1.82) is 0 Å². The molecule has 0 N–H and O–H groups in total. The van der Waals surface area contributed by atoms with Crippen LogP contribution in [0.2, 0.25) is 0 Å². The topological polar surface area (TPSA) is 101 Å². The number of amides is 1. The monoisotopic (exact) mass is 390 g/mol. The van der Waals surface area contributed by atoms with E-state index in [2.05, 4.69) is 20.0 Å². The van der Waals surface area contributed by atoms with Gasteiger partial charge in [-0.1, -0.05) is 0 Å². The molecular formula is C17H22N6O3S. The highest BCUT2D eigenvalue weighted by Crippen LogP contribution is 2.30. The molecule has 0 spiro atoms. The van der Waals surface area contributed by atoms with E-state index in [1.54, 1.807) is 22.1 Å². The Labute approximate surface area is 157 Å². The molecule has 0 aliphatic carbocycles. The molecule has 0 aromatic carbocycles. The van der Waals surface area contributed by atoms with Crippen LogP contribution in [0.5, 0.6) is 0 Å². The minimum Gasteiger partial charge on any atom is -0.356 e. The molecule has 0 unspecified atom stereocenters. The van der Waals surface area contributed by atoms with Gasteiger partial charge in [-0.15, -0.1) is 0 Å². The highest BCUT2D eigenvalue weighted by atomic mass is 32.2. The highest BCUT2D eigenvalue weighted by Gasteiger charge is 2.29. The summed E-state index contributed by atoms with van der Waals surface area (Å²) in [5.41, 5.74) is 1.70. The van der Waals surface area contributed by atoms with E-state index in [4.69, 9.17) is 0 Å². The Balaban J connectivity index is 1.71. The number of rotatable bonds is 4. The van der Waals surface area contributed by atoms with Gasteiger partial charge >= 0.3 is 0 Å². The minimum atomic E-state index is -3.20. The van der Waals surface area contributed by atoms with Gasteiger partial charge in [-0.3, -0.25) is 4.79 Å². The van der Waals surface area contributed by atoms with E-state index in [-0.39, 0.29) is 18.1 Å². The molecular weight excluding hydrogens is 368 g/mol. The first-order valence-electron chi connectivity index (χ1n) is 9.00. The number of sulfone groups is 1. The number of fused-ring (bicyclic) bond motifs is 3. The number of aromatic nitrogens is 4. The van der Waals surface area contributed by atoms with Crippen molar-refractivity contribution in [2.45, 2.75) is 32.4 Å².